The molecule has 5 heteroatoms. The zero-order valence-electron chi connectivity index (χ0n) is 32.6. The average Bonchev–Trinajstić information content (AvgIpc) is 3.07. The summed E-state index contributed by atoms with van der Waals surface area (Å²) in [5.74, 6) is -0.128. The second kappa shape index (κ2) is 47.4. The van der Waals surface area contributed by atoms with Gasteiger partial charge in [0.25, 0.3) is 0 Å². The van der Waals surface area contributed by atoms with Crippen LogP contribution in [0.3, 0.4) is 0 Å². The molecule has 0 radical (unpaired) electrons. The maximum atomic E-state index is 10.9. The second-order valence-corrected chi connectivity index (χ2v) is 13.8. The Balaban J connectivity index is -0.000000807. The van der Waals surface area contributed by atoms with Crippen molar-refractivity contribution in [2.24, 2.45) is 0 Å². The minimum Gasteiger partial charge on any atom is -0.466 e. The van der Waals surface area contributed by atoms with E-state index < -0.39 is 0 Å². The molecule has 284 valence electrons. The van der Waals surface area contributed by atoms with E-state index in [4.69, 9.17) is 9.47 Å². The summed E-state index contributed by atoms with van der Waals surface area (Å²) in [5.41, 5.74) is 0. The van der Waals surface area contributed by atoms with Crippen LogP contribution in [0, 0.1) is 0 Å². The van der Waals surface area contributed by atoms with Crippen LogP contribution < -0.4 is 0 Å². The molecule has 0 amide bonds. The van der Waals surface area contributed by atoms with E-state index in [0.717, 1.165) is 12.8 Å². The first kappa shape index (κ1) is 50.7. The highest BCUT2D eigenvalue weighted by molar-refractivity contribution is 7.59. The molecule has 0 aliphatic carbocycles. The molecule has 0 aromatic carbocycles. The molecule has 0 heterocycles. The number of hydrogen-bond donors (Lipinski definition) is 0. The van der Waals surface area contributed by atoms with Gasteiger partial charge < -0.3 is 9.47 Å². The van der Waals surface area contributed by atoms with Crippen LogP contribution in [0.4, 0.5) is 0 Å². The normalized spacial score (nSPS) is 10.6. The molecule has 0 aliphatic rings. The fourth-order valence-corrected chi connectivity index (χ4v) is 5.88. The van der Waals surface area contributed by atoms with Crippen LogP contribution in [0.1, 0.15) is 246 Å². The van der Waals surface area contributed by atoms with Gasteiger partial charge in [-0.3, -0.25) is 9.59 Å². The lowest BCUT2D eigenvalue weighted by atomic mass is 10.0. The van der Waals surface area contributed by atoms with Crippen molar-refractivity contribution in [3.05, 3.63) is 0 Å². The Bertz CT molecular complexity index is 533. The van der Waals surface area contributed by atoms with Crippen LogP contribution in [0.15, 0.2) is 0 Å². The van der Waals surface area contributed by atoms with Crippen molar-refractivity contribution < 1.29 is 19.1 Å². The lowest BCUT2D eigenvalue weighted by Gasteiger charge is -2.04. The second-order valence-electron chi connectivity index (χ2n) is 13.8. The van der Waals surface area contributed by atoms with Crippen LogP contribution in [-0.2, 0) is 19.1 Å². The molecule has 0 aromatic heterocycles. The number of carbonyl (C=O) groups is 2. The molecule has 0 bridgehead atoms. The largest absolute Gasteiger partial charge is 0.466 e. The Morgan fingerprint density at radius 2 is 0.468 bits per heavy atom. The maximum Gasteiger partial charge on any atom is 0.305 e. The van der Waals surface area contributed by atoms with Crippen molar-refractivity contribution in [1.82, 2.24) is 0 Å². The van der Waals surface area contributed by atoms with Crippen LogP contribution in [-0.4, -0.2) is 25.2 Å². The summed E-state index contributed by atoms with van der Waals surface area (Å²) in [6, 6.07) is 0. The van der Waals surface area contributed by atoms with Gasteiger partial charge in [0.2, 0.25) is 0 Å². The average molecular weight is 687 g/mol. The maximum absolute atomic E-state index is 10.9. The molecule has 0 atom stereocenters. The highest BCUT2D eigenvalue weighted by Gasteiger charge is 1.99. The zero-order chi connectivity index (χ0) is 34.0. The van der Waals surface area contributed by atoms with Crippen molar-refractivity contribution in [1.29, 1.82) is 0 Å². The number of unbranched alkanes of at least 4 members (excludes halogenated alkanes) is 30. The van der Waals surface area contributed by atoms with Crippen molar-refractivity contribution in [3.63, 3.8) is 0 Å². The lowest BCUT2D eigenvalue weighted by Crippen LogP contribution is -2.03. The summed E-state index contributed by atoms with van der Waals surface area (Å²) in [6.07, 6.45) is 44.9. The SMILES string of the molecule is CCCCCCCCCCCCCCCCCCOC(=O)CC.CCCCCCCCCCCCCCCCCCOC(=O)CC.S. The Morgan fingerprint density at radius 1 is 0.298 bits per heavy atom. The van der Waals surface area contributed by atoms with Crippen molar-refractivity contribution in [2.45, 2.75) is 246 Å². The smallest absolute Gasteiger partial charge is 0.305 e. The molecule has 0 aromatic rings. The van der Waals surface area contributed by atoms with Crippen molar-refractivity contribution >= 4 is 25.4 Å². The highest BCUT2D eigenvalue weighted by atomic mass is 32.1. The molecule has 0 unspecified atom stereocenters. The van der Waals surface area contributed by atoms with Gasteiger partial charge in [0, 0.05) is 12.8 Å². The third kappa shape index (κ3) is 49.8. The van der Waals surface area contributed by atoms with E-state index >= 15 is 0 Å². The van der Waals surface area contributed by atoms with Crippen molar-refractivity contribution in [2.75, 3.05) is 13.2 Å². The van der Waals surface area contributed by atoms with Gasteiger partial charge in [-0.2, -0.15) is 13.5 Å². The first-order valence-electron chi connectivity index (χ1n) is 20.9. The van der Waals surface area contributed by atoms with Gasteiger partial charge in [-0.05, 0) is 12.8 Å². The fourth-order valence-electron chi connectivity index (χ4n) is 5.88. The Kier molecular flexibility index (Phi) is 51.1. The number of hydrogen-bond acceptors (Lipinski definition) is 4. The first-order valence-corrected chi connectivity index (χ1v) is 20.9. The number of esters is 2. The van der Waals surface area contributed by atoms with Gasteiger partial charge in [-0.25, -0.2) is 0 Å². The van der Waals surface area contributed by atoms with Gasteiger partial charge >= 0.3 is 11.9 Å². The Labute approximate surface area is 302 Å². The molecule has 0 spiro atoms. The van der Waals surface area contributed by atoms with Crippen LogP contribution in [0.5, 0.6) is 0 Å². The van der Waals surface area contributed by atoms with E-state index in [2.05, 4.69) is 13.8 Å². The lowest BCUT2D eigenvalue weighted by molar-refractivity contribution is -0.144. The zero-order valence-corrected chi connectivity index (χ0v) is 33.6. The van der Waals surface area contributed by atoms with Gasteiger partial charge in [0.05, 0.1) is 13.2 Å². The fraction of sp³-hybridized carbons (Fsp3) is 0.952. The molecule has 47 heavy (non-hydrogen) atoms. The van der Waals surface area contributed by atoms with E-state index in [9.17, 15) is 9.59 Å². The monoisotopic (exact) mass is 687 g/mol. The molecule has 0 saturated heterocycles. The topological polar surface area (TPSA) is 52.6 Å². The number of rotatable bonds is 36. The van der Waals surface area contributed by atoms with Gasteiger partial charge in [0.1, 0.15) is 0 Å². The van der Waals surface area contributed by atoms with Crippen molar-refractivity contribution in [3.8, 4) is 0 Å². The molecule has 4 nitrogen and oxygen atoms in total. The van der Waals surface area contributed by atoms with E-state index in [1.807, 2.05) is 13.8 Å². The van der Waals surface area contributed by atoms with Crippen LogP contribution >= 0.6 is 13.5 Å². The van der Waals surface area contributed by atoms with E-state index in [0.29, 0.717) is 26.1 Å². The van der Waals surface area contributed by atoms with E-state index in [-0.39, 0.29) is 25.4 Å². The van der Waals surface area contributed by atoms with Gasteiger partial charge in [0.15, 0.2) is 0 Å². The van der Waals surface area contributed by atoms with Crippen LogP contribution in [0.25, 0.3) is 0 Å². The molecule has 0 aliphatic heterocycles. The molecule has 0 fully saturated rings. The third-order valence-electron chi connectivity index (χ3n) is 9.10. The minimum atomic E-state index is -0.0639. The summed E-state index contributed by atoms with van der Waals surface area (Å²) in [6.45, 7) is 9.48. The third-order valence-corrected chi connectivity index (χ3v) is 9.10. The molecule has 0 rings (SSSR count). The summed E-state index contributed by atoms with van der Waals surface area (Å²) in [5, 5.41) is 0. The molecule has 0 N–H and O–H groups in total. The molecular weight excluding hydrogens is 601 g/mol. The molecule has 0 saturated carbocycles. The summed E-state index contributed by atoms with van der Waals surface area (Å²) >= 11 is 0. The van der Waals surface area contributed by atoms with E-state index in [1.165, 1.54) is 193 Å². The summed E-state index contributed by atoms with van der Waals surface area (Å²) in [4.78, 5) is 21.9. The first-order chi connectivity index (χ1) is 22.6. The predicted molar refractivity (Wildman–Crippen MR) is 212 cm³/mol. The standard InChI is InChI=1S/2C21H42O2.H2S/c2*1-3-5-6-7-8-9-10-11-12-13-14-15-16-17-18-19-20-23-21(22)4-2;/h2*3-20H2,1-2H3;1H2. The number of ether oxygens (including phenoxy) is 2. The van der Waals surface area contributed by atoms with Crippen LogP contribution in [0.2, 0.25) is 0 Å². The van der Waals surface area contributed by atoms with Gasteiger partial charge in [-0.1, -0.05) is 220 Å². The quantitative estimate of drug-likeness (QED) is 0.0486. The van der Waals surface area contributed by atoms with Gasteiger partial charge in [-0.15, -0.1) is 0 Å². The Morgan fingerprint density at radius 3 is 0.638 bits per heavy atom. The number of carbonyl (C=O) groups excluding carboxylic acids is 2. The highest BCUT2D eigenvalue weighted by Crippen LogP contribution is 2.15. The Hall–Kier alpha value is -0.710. The summed E-state index contributed by atoms with van der Waals surface area (Å²) < 4.78 is 10.1. The molecular formula is C42H86O4S. The van der Waals surface area contributed by atoms with E-state index in [1.54, 1.807) is 0 Å². The summed E-state index contributed by atoms with van der Waals surface area (Å²) in [7, 11) is 0. The predicted octanol–water partition coefficient (Wildman–Crippen LogP) is 14.5. The minimum absolute atomic E-state index is 0.